The van der Waals surface area contributed by atoms with Gasteiger partial charge < -0.3 is 20.1 Å². The molecule has 0 aliphatic rings. The highest BCUT2D eigenvalue weighted by Crippen LogP contribution is 2.30. The Morgan fingerprint density at radius 3 is 2.71 bits per heavy atom. The molecule has 1 amide bonds. The molecule has 24 heavy (non-hydrogen) atoms. The van der Waals surface area contributed by atoms with Crippen molar-refractivity contribution in [2.45, 2.75) is 16.5 Å². The Morgan fingerprint density at radius 2 is 2.04 bits per heavy atom. The fraction of sp³-hybridized carbons (Fsp3) is 0.400. The smallest absolute Gasteiger partial charge is 0.233 e. The molecule has 7 nitrogen and oxygen atoms in total. The van der Waals surface area contributed by atoms with Gasteiger partial charge in [0.05, 0.1) is 19.0 Å². The highest BCUT2D eigenvalue weighted by Gasteiger charge is 2.16. The number of carbonyl (C=O) groups is 1. The van der Waals surface area contributed by atoms with Crippen molar-refractivity contribution in [2.24, 2.45) is 0 Å². The van der Waals surface area contributed by atoms with Gasteiger partial charge in [-0.3, -0.25) is 4.79 Å². The van der Waals surface area contributed by atoms with E-state index in [-0.39, 0.29) is 11.2 Å². The van der Waals surface area contributed by atoms with Crippen LogP contribution in [0.5, 0.6) is 5.75 Å². The first-order valence-electron chi connectivity index (χ1n) is 7.30. The second kappa shape index (κ2) is 9.45. The Morgan fingerprint density at radius 1 is 1.29 bits per heavy atom. The highest BCUT2D eigenvalue weighted by molar-refractivity contribution is 8.02. The summed E-state index contributed by atoms with van der Waals surface area (Å²) in [5.74, 6) is 0.749. The third-order valence-electron chi connectivity index (χ3n) is 3.00. The van der Waals surface area contributed by atoms with Crippen LogP contribution in [-0.2, 0) is 9.53 Å². The molecule has 0 bridgehead atoms. The second-order valence-corrected chi connectivity index (χ2v) is 7.34. The number of hydrogen-bond acceptors (Lipinski definition) is 8. The van der Waals surface area contributed by atoms with Crippen molar-refractivity contribution in [3.63, 3.8) is 0 Å². The lowest BCUT2D eigenvalue weighted by Gasteiger charge is -2.09. The Kier molecular flexibility index (Phi) is 7.29. The van der Waals surface area contributed by atoms with Gasteiger partial charge in [0.1, 0.15) is 5.75 Å². The van der Waals surface area contributed by atoms with Crippen LogP contribution in [0.3, 0.4) is 0 Å². The first kappa shape index (κ1) is 18.5. The van der Waals surface area contributed by atoms with Crippen molar-refractivity contribution in [1.82, 2.24) is 15.5 Å². The Labute approximate surface area is 149 Å². The Balaban J connectivity index is 1.86. The second-order valence-electron chi connectivity index (χ2n) is 4.77. The maximum absolute atomic E-state index is 11.9. The molecule has 2 N–H and O–H groups in total. The fourth-order valence-electron chi connectivity index (χ4n) is 1.73. The molecule has 2 rings (SSSR count). The van der Waals surface area contributed by atoms with Gasteiger partial charge in [0.25, 0.3) is 0 Å². The summed E-state index contributed by atoms with van der Waals surface area (Å²) < 4.78 is 10.8. The lowest BCUT2D eigenvalue weighted by atomic mass is 10.3. The van der Waals surface area contributed by atoms with Crippen LogP contribution in [0.1, 0.15) is 6.92 Å². The monoisotopic (exact) mass is 368 g/mol. The molecule has 0 unspecified atom stereocenters. The molecule has 0 aliphatic carbocycles. The van der Waals surface area contributed by atoms with E-state index in [0.717, 1.165) is 15.8 Å². The first-order chi connectivity index (χ1) is 11.6. The Hall–Kier alpha value is -1.84. The van der Waals surface area contributed by atoms with Crippen molar-refractivity contribution in [3.8, 4) is 5.75 Å². The molecular formula is C15H20N4O3S2. The number of hydrogen-bond donors (Lipinski definition) is 2. The molecule has 2 aromatic rings. The standard InChI is InChI=1S/C15H20N4O3S2/c1-10(13(20)16-8-9-21-2)23-15-19-18-14(24-15)17-11-4-6-12(22-3)7-5-11/h4-7,10H,8-9H2,1-3H3,(H,16,20)(H,17,18)/t10-/m0/s1. The predicted octanol–water partition coefficient (Wildman–Crippen LogP) is 2.53. The molecule has 1 heterocycles. The number of methoxy groups -OCH3 is 2. The van der Waals surface area contributed by atoms with E-state index < -0.39 is 0 Å². The van der Waals surface area contributed by atoms with Gasteiger partial charge in [-0.15, -0.1) is 10.2 Å². The number of amides is 1. The van der Waals surface area contributed by atoms with Gasteiger partial charge in [0, 0.05) is 19.3 Å². The van der Waals surface area contributed by atoms with Crippen molar-refractivity contribution < 1.29 is 14.3 Å². The number of anilines is 2. The molecule has 0 fully saturated rings. The molecule has 130 valence electrons. The van der Waals surface area contributed by atoms with Crippen LogP contribution < -0.4 is 15.4 Å². The summed E-state index contributed by atoms with van der Waals surface area (Å²) >= 11 is 2.78. The van der Waals surface area contributed by atoms with Crippen LogP contribution in [-0.4, -0.2) is 48.7 Å². The largest absolute Gasteiger partial charge is 0.497 e. The summed E-state index contributed by atoms with van der Waals surface area (Å²) in [6.45, 7) is 2.84. The van der Waals surface area contributed by atoms with E-state index in [1.807, 2.05) is 31.2 Å². The van der Waals surface area contributed by atoms with Gasteiger partial charge in [-0.25, -0.2) is 0 Å². The third kappa shape index (κ3) is 5.66. The van der Waals surface area contributed by atoms with Gasteiger partial charge in [-0.05, 0) is 31.2 Å². The van der Waals surface area contributed by atoms with Crippen LogP contribution in [0.15, 0.2) is 28.6 Å². The molecule has 1 atom stereocenters. The zero-order chi connectivity index (χ0) is 17.4. The van der Waals surface area contributed by atoms with Crippen LogP contribution in [0.25, 0.3) is 0 Å². The minimum absolute atomic E-state index is 0.0445. The van der Waals surface area contributed by atoms with E-state index in [4.69, 9.17) is 9.47 Å². The normalized spacial score (nSPS) is 11.8. The van der Waals surface area contributed by atoms with Crippen LogP contribution >= 0.6 is 23.1 Å². The summed E-state index contributed by atoms with van der Waals surface area (Å²) in [5, 5.41) is 14.6. The quantitative estimate of drug-likeness (QED) is 0.520. The van der Waals surface area contributed by atoms with E-state index in [9.17, 15) is 4.79 Å². The van der Waals surface area contributed by atoms with Crippen LogP contribution in [0.4, 0.5) is 10.8 Å². The molecule has 0 spiro atoms. The van der Waals surface area contributed by atoms with Gasteiger partial charge >= 0.3 is 0 Å². The average molecular weight is 368 g/mol. The van der Waals surface area contributed by atoms with Gasteiger partial charge in [-0.1, -0.05) is 23.1 Å². The zero-order valence-electron chi connectivity index (χ0n) is 13.7. The maximum Gasteiger partial charge on any atom is 0.233 e. The highest BCUT2D eigenvalue weighted by atomic mass is 32.2. The lowest BCUT2D eigenvalue weighted by Crippen LogP contribution is -2.33. The van der Waals surface area contributed by atoms with Crippen molar-refractivity contribution >= 4 is 39.8 Å². The van der Waals surface area contributed by atoms with E-state index in [0.29, 0.717) is 18.3 Å². The molecule has 0 saturated carbocycles. The minimum atomic E-state index is -0.247. The van der Waals surface area contributed by atoms with Gasteiger partial charge in [-0.2, -0.15) is 0 Å². The number of ether oxygens (including phenoxy) is 2. The third-order valence-corrected chi connectivity index (χ3v) is 5.02. The van der Waals surface area contributed by atoms with Crippen molar-refractivity contribution in [1.29, 1.82) is 0 Å². The topological polar surface area (TPSA) is 85.4 Å². The number of benzene rings is 1. The number of carbonyl (C=O) groups excluding carboxylic acids is 1. The zero-order valence-corrected chi connectivity index (χ0v) is 15.4. The number of rotatable bonds is 9. The molecule has 1 aromatic heterocycles. The maximum atomic E-state index is 11.9. The van der Waals surface area contributed by atoms with E-state index in [1.54, 1.807) is 14.2 Å². The van der Waals surface area contributed by atoms with Crippen molar-refractivity contribution in [2.75, 3.05) is 32.7 Å². The summed E-state index contributed by atoms with van der Waals surface area (Å²) in [5.41, 5.74) is 0.897. The summed E-state index contributed by atoms with van der Waals surface area (Å²) in [6.07, 6.45) is 0. The fourth-order valence-corrected chi connectivity index (χ4v) is 3.67. The number of thioether (sulfide) groups is 1. The van der Waals surface area contributed by atoms with Gasteiger partial charge in [0.2, 0.25) is 11.0 Å². The van der Waals surface area contributed by atoms with E-state index in [1.165, 1.54) is 23.1 Å². The Bertz CT molecular complexity index is 648. The summed E-state index contributed by atoms with van der Waals surface area (Å²) in [7, 11) is 3.23. The summed E-state index contributed by atoms with van der Waals surface area (Å²) in [6, 6.07) is 7.54. The van der Waals surface area contributed by atoms with Crippen LogP contribution in [0.2, 0.25) is 0 Å². The van der Waals surface area contributed by atoms with E-state index in [2.05, 4.69) is 20.8 Å². The average Bonchev–Trinajstić information content (AvgIpc) is 3.02. The number of nitrogens with zero attached hydrogens (tertiary/aromatic N) is 2. The minimum Gasteiger partial charge on any atom is -0.497 e. The van der Waals surface area contributed by atoms with E-state index >= 15 is 0 Å². The van der Waals surface area contributed by atoms with Gasteiger partial charge in [0.15, 0.2) is 4.34 Å². The number of nitrogens with one attached hydrogen (secondary N) is 2. The molecule has 0 aliphatic heterocycles. The molecule has 0 radical (unpaired) electrons. The molecule has 1 aromatic carbocycles. The molecular weight excluding hydrogens is 348 g/mol. The number of aromatic nitrogens is 2. The van der Waals surface area contributed by atoms with Crippen molar-refractivity contribution in [3.05, 3.63) is 24.3 Å². The summed E-state index contributed by atoms with van der Waals surface area (Å²) in [4.78, 5) is 11.9. The SMILES string of the molecule is COCCNC(=O)[C@H](C)Sc1nnc(Nc2ccc(OC)cc2)s1. The van der Waals surface area contributed by atoms with Crippen LogP contribution in [0, 0.1) is 0 Å². The molecule has 0 saturated heterocycles. The lowest BCUT2D eigenvalue weighted by molar-refractivity contribution is -0.120. The first-order valence-corrected chi connectivity index (χ1v) is 9.00. The molecule has 9 heteroatoms. The predicted molar refractivity (Wildman–Crippen MR) is 96.4 cm³/mol.